The molecule has 20 heavy (non-hydrogen) atoms. The van der Waals surface area contributed by atoms with Crippen molar-refractivity contribution >= 4 is 17.5 Å². The second-order valence-corrected chi connectivity index (χ2v) is 7.44. The summed E-state index contributed by atoms with van der Waals surface area (Å²) in [6, 6.07) is 0.182. The molecule has 0 spiro atoms. The van der Waals surface area contributed by atoms with Crippen molar-refractivity contribution in [3.8, 4) is 0 Å². The van der Waals surface area contributed by atoms with Gasteiger partial charge in [-0.25, -0.2) is 4.98 Å². The standard InChI is InChI=1S/C15H20ClN3O/c1-14(2)9-4-5-15(3,6-9)13(14)19-12(20)10-7-17-8-11(16)18-10/h7-9,13H,4-6H2,1-3H3,(H,19,20). The van der Waals surface area contributed by atoms with Gasteiger partial charge in [0.2, 0.25) is 0 Å². The van der Waals surface area contributed by atoms with Crippen LogP contribution < -0.4 is 5.32 Å². The molecule has 1 aromatic rings. The predicted molar refractivity (Wildman–Crippen MR) is 77.5 cm³/mol. The normalized spacial score (nSPS) is 34.2. The number of hydrogen-bond donors (Lipinski definition) is 1. The molecule has 2 saturated carbocycles. The van der Waals surface area contributed by atoms with Crippen LogP contribution >= 0.6 is 11.6 Å². The van der Waals surface area contributed by atoms with E-state index in [0.717, 1.165) is 0 Å². The van der Waals surface area contributed by atoms with Gasteiger partial charge in [0, 0.05) is 6.04 Å². The molecule has 1 aromatic heterocycles. The summed E-state index contributed by atoms with van der Waals surface area (Å²) in [6.45, 7) is 6.81. The average Bonchev–Trinajstić information content (AvgIpc) is 2.85. The summed E-state index contributed by atoms with van der Waals surface area (Å²) < 4.78 is 0. The predicted octanol–water partition coefficient (Wildman–Crippen LogP) is 3.07. The van der Waals surface area contributed by atoms with Crippen LogP contribution in [0.15, 0.2) is 12.4 Å². The highest BCUT2D eigenvalue weighted by Crippen LogP contribution is 2.62. The van der Waals surface area contributed by atoms with Gasteiger partial charge in [0.25, 0.3) is 5.91 Å². The molecule has 1 amide bonds. The molecule has 2 bridgehead atoms. The second kappa shape index (κ2) is 4.42. The molecule has 108 valence electrons. The van der Waals surface area contributed by atoms with Gasteiger partial charge in [0.1, 0.15) is 10.8 Å². The zero-order valence-electron chi connectivity index (χ0n) is 12.1. The monoisotopic (exact) mass is 293 g/mol. The lowest BCUT2D eigenvalue weighted by molar-refractivity contribution is 0.0733. The number of aromatic nitrogens is 2. The Morgan fingerprint density at radius 1 is 1.40 bits per heavy atom. The van der Waals surface area contributed by atoms with Gasteiger partial charge in [0.05, 0.1) is 12.4 Å². The average molecular weight is 294 g/mol. The topological polar surface area (TPSA) is 54.9 Å². The Balaban J connectivity index is 1.82. The van der Waals surface area contributed by atoms with Crippen LogP contribution in [0.2, 0.25) is 5.15 Å². The van der Waals surface area contributed by atoms with E-state index in [1.54, 1.807) is 0 Å². The van der Waals surface area contributed by atoms with Crippen LogP contribution in [-0.2, 0) is 0 Å². The number of amides is 1. The first-order valence-electron chi connectivity index (χ1n) is 7.11. The zero-order chi connectivity index (χ0) is 14.5. The first-order valence-corrected chi connectivity index (χ1v) is 7.49. The summed E-state index contributed by atoms with van der Waals surface area (Å²) >= 11 is 5.80. The lowest BCUT2D eigenvalue weighted by Crippen LogP contribution is -2.52. The molecule has 3 unspecified atom stereocenters. The summed E-state index contributed by atoms with van der Waals surface area (Å²) in [6.07, 6.45) is 6.55. The van der Waals surface area contributed by atoms with Crippen LogP contribution in [0.4, 0.5) is 0 Å². The van der Waals surface area contributed by atoms with Crippen molar-refractivity contribution in [3.63, 3.8) is 0 Å². The molecule has 3 rings (SSSR count). The maximum absolute atomic E-state index is 12.4. The number of nitrogens with zero attached hydrogens (tertiary/aromatic N) is 2. The first-order chi connectivity index (χ1) is 9.33. The molecule has 4 nitrogen and oxygen atoms in total. The van der Waals surface area contributed by atoms with E-state index in [1.165, 1.54) is 31.7 Å². The van der Waals surface area contributed by atoms with E-state index < -0.39 is 0 Å². The van der Waals surface area contributed by atoms with Crippen LogP contribution in [0, 0.1) is 16.7 Å². The maximum Gasteiger partial charge on any atom is 0.271 e. The Morgan fingerprint density at radius 2 is 2.15 bits per heavy atom. The van der Waals surface area contributed by atoms with Gasteiger partial charge in [-0.3, -0.25) is 9.78 Å². The summed E-state index contributed by atoms with van der Waals surface area (Å²) in [4.78, 5) is 20.4. The van der Waals surface area contributed by atoms with E-state index in [2.05, 4.69) is 36.1 Å². The van der Waals surface area contributed by atoms with Crippen molar-refractivity contribution in [2.45, 2.75) is 46.1 Å². The van der Waals surface area contributed by atoms with Gasteiger partial charge >= 0.3 is 0 Å². The van der Waals surface area contributed by atoms with Crippen LogP contribution in [0.1, 0.15) is 50.5 Å². The number of carbonyl (C=O) groups is 1. The van der Waals surface area contributed by atoms with Crippen LogP contribution in [0.5, 0.6) is 0 Å². The smallest absolute Gasteiger partial charge is 0.271 e. The minimum Gasteiger partial charge on any atom is -0.347 e. The Morgan fingerprint density at radius 3 is 2.75 bits per heavy atom. The van der Waals surface area contributed by atoms with E-state index >= 15 is 0 Å². The van der Waals surface area contributed by atoms with E-state index in [0.29, 0.717) is 11.6 Å². The van der Waals surface area contributed by atoms with Gasteiger partial charge in [-0.2, -0.15) is 0 Å². The fraction of sp³-hybridized carbons (Fsp3) is 0.667. The number of halogens is 1. The number of nitrogens with one attached hydrogen (secondary N) is 1. The third-order valence-electron chi connectivity index (χ3n) is 5.38. The fourth-order valence-corrected chi connectivity index (χ4v) is 4.47. The molecule has 5 heteroatoms. The Kier molecular flexibility index (Phi) is 3.05. The van der Waals surface area contributed by atoms with Gasteiger partial charge in [-0.15, -0.1) is 0 Å². The van der Waals surface area contributed by atoms with Crippen LogP contribution in [0.3, 0.4) is 0 Å². The highest BCUT2D eigenvalue weighted by Gasteiger charge is 2.59. The van der Waals surface area contributed by atoms with Gasteiger partial charge in [-0.05, 0) is 36.0 Å². The molecule has 0 radical (unpaired) electrons. The molecule has 0 aromatic carbocycles. The number of carbonyl (C=O) groups excluding carboxylic acids is 1. The van der Waals surface area contributed by atoms with E-state index in [-0.39, 0.29) is 27.9 Å². The molecule has 2 aliphatic carbocycles. The molecule has 3 atom stereocenters. The lowest BCUT2D eigenvalue weighted by atomic mass is 9.68. The minimum absolute atomic E-state index is 0.134. The van der Waals surface area contributed by atoms with Gasteiger partial charge < -0.3 is 5.32 Å². The molecule has 0 aliphatic heterocycles. The molecule has 0 saturated heterocycles. The molecular formula is C15H20ClN3O. The molecule has 2 aliphatic rings. The Labute approximate surface area is 124 Å². The largest absolute Gasteiger partial charge is 0.347 e. The SMILES string of the molecule is CC12CCC(C1)C(C)(C)C2NC(=O)c1cncc(Cl)n1. The highest BCUT2D eigenvalue weighted by atomic mass is 35.5. The van der Waals surface area contributed by atoms with E-state index in [9.17, 15) is 4.79 Å². The fourth-order valence-electron chi connectivity index (χ4n) is 4.32. The number of rotatable bonds is 2. The molecule has 2 fully saturated rings. The molecular weight excluding hydrogens is 274 g/mol. The second-order valence-electron chi connectivity index (χ2n) is 7.05. The minimum atomic E-state index is -0.174. The summed E-state index contributed by atoms with van der Waals surface area (Å²) in [5.74, 6) is 0.523. The van der Waals surface area contributed by atoms with Crippen LogP contribution in [0.25, 0.3) is 0 Å². The van der Waals surface area contributed by atoms with Gasteiger partial charge in [-0.1, -0.05) is 32.4 Å². The van der Waals surface area contributed by atoms with E-state index in [4.69, 9.17) is 11.6 Å². The highest BCUT2D eigenvalue weighted by molar-refractivity contribution is 6.29. The van der Waals surface area contributed by atoms with Crippen molar-refractivity contribution < 1.29 is 4.79 Å². The summed E-state index contributed by atoms with van der Waals surface area (Å²) in [5, 5.41) is 3.43. The zero-order valence-corrected chi connectivity index (χ0v) is 12.9. The number of hydrogen-bond acceptors (Lipinski definition) is 3. The number of fused-ring (bicyclic) bond motifs is 2. The summed E-state index contributed by atoms with van der Waals surface area (Å²) in [7, 11) is 0. The van der Waals surface area contributed by atoms with Crippen molar-refractivity contribution in [2.24, 2.45) is 16.7 Å². The Hall–Kier alpha value is -1.16. The summed E-state index contributed by atoms with van der Waals surface area (Å²) in [5.41, 5.74) is 0.629. The van der Waals surface area contributed by atoms with Crippen LogP contribution in [-0.4, -0.2) is 21.9 Å². The quantitative estimate of drug-likeness (QED) is 0.912. The van der Waals surface area contributed by atoms with Crippen molar-refractivity contribution in [2.75, 3.05) is 0 Å². The molecule has 1 N–H and O–H groups in total. The molecule has 1 heterocycles. The third-order valence-corrected chi connectivity index (χ3v) is 5.57. The lowest BCUT2D eigenvalue weighted by Gasteiger charge is -2.43. The van der Waals surface area contributed by atoms with Crippen molar-refractivity contribution in [1.29, 1.82) is 0 Å². The van der Waals surface area contributed by atoms with E-state index in [1.807, 2.05) is 0 Å². The maximum atomic E-state index is 12.4. The van der Waals surface area contributed by atoms with Gasteiger partial charge in [0.15, 0.2) is 0 Å². The Bertz CT molecular complexity index is 555. The first kappa shape index (κ1) is 13.8. The van der Waals surface area contributed by atoms with Crippen molar-refractivity contribution in [1.82, 2.24) is 15.3 Å². The third kappa shape index (κ3) is 2.01. The van der Waals surface area contributed by atoms with Crippen molar-refractivity contribution in [3.05, 3.63) is 23.2 Å².